The minimum absolute atomic E-state index is 0.0743. The lowest BCUT2D eigenvalue weighted by atomic mass is 10.1. The fourth-order valence-corrected chi connectivity index (χ4v) is 2.83. The fraction of sp³-hybridized carbons (Fsp3) is 0.400. The second-order valence-electron chi connectivity index (χ2n) is 6.19. The Labute approximate surface area is 144 Å². The number of thioether (sulfide) groups is 1. The van der Waals surface area contributed by atoms with Gasteiger partial charge in [0.2, 0.25) is 11.1 Å². The Bertz CT molecular complexity index is 710. The van der Waals surface area contributed by atoms with E-state index < -0.39 is 0 Å². The van der Waals surface area contributed by atoms with Crippen molar-refractivity contribution < 1.29 is 4.79 Å². The molecule has 0 aliphatic heterocycles. The van der Waals surface area contributed by atoms with Gasteiger partial charge >= 0.3 is 0 Å². The van der Waals surface area contributed by atoms with Gasteiger partial charge in [-0.15, -0.1) is 10.2 Å². The van der Waals surface area contributed by atoms with Crippen LogP contribution in [0.4, 0.5) is 0 Å². The Morgan fingerprint density at radius 1 is 1.39 bits per heavy atom. The molecule has 1 amide bonds. The minimum Gasteiger partial charge on any atom is -0.351 e. The van der Waals surface area contributed by atoms with Crippen molar-refractivity contribution in [3.05, 3.63) is 29.3 Å². The number of rotatable bonds is 4. The maximum absolute atomic E-state index is 12.1. The van der Waals surface area contributed by atoms with E-state index >= 15 is 0 Å². The average molecular weight is 354 g/mol. The summed E-state index contributed by atoms with van der Waals surface area (Å²) in [6.07, 6.45) is 0. The van der Waals surface area contributed by atoms with Crippen LogP contribution in [0.25, 0.3) is 11.4 Å². The summed E-state index contributed by atoms with van der Waals surface area (Å²) < 4.78 is 1.37. The number of nitrogens with one attached hydrogen (secondary N) is 1. The third-order valence-electron chi connectivity index (χ3n) is 2.90. The van der Waals surface area contributed by atoms with E-state index in [1.54, 1.807) is 19.1 Å². The number of carbonyl (C=O) groups excluding carboxylic acids is 1. The molecule has 0 aliphatic rings. The first kappa shape index (κ1) is 17.6. The highest BCUT2D eigenvalue weighted by Gasteiger charge is 2.23. The van der Waals surface area contributed by atoms with Crippen molar-refractivity contribution in [1.82, 2.24) is 20.2 Å². The van der Waals surface area contributed by atoms with Gasteiger partial charge in [-0.1, -0.05) is 35.5 Å². The van der Waals surface area contributed by atoms with E-state index in [-0.39, 0.29) is 16.7 Å². The molecule has 0 radical (unpaired) electrons. The lowest BCUT2D eigenvalue weighted by Gasteiger charge is -2.22. The molecule has 1 aromatic heterocycles. The Balaban J connectivity index is 2.15. The van der Waals surface area contributed by atoms with Gasteiger partial charge in [-0.2, -0.15) is 0 Å². The summed E-state index contributed by atoms with van der Waals surface area (Å²) in [6.45, 7) is 7.61. The van der Waals surface area contributed by atoms with Crippen molar-refractivity contribution in [3.8, 4) is 11.4 Å². The zero-order valence-electron chi connectivity index (χ0n) is 13.5. The van der Waals surface area contributed by atoms with Crippen molar-refractivity contribution in [2.24, 2.45) is 0 Å². The molecule has 8 heteroatoms. The second kappa shape index (κ2) is 6.80. The predicted octanol–water partition coefficient (Wildman–Crippen LogP) is 2.71. The normalized spacial score (nSPS) is 12.9. The van der Waals surface area contributed by atoms with Crippen molar-refractivity contribution in [3.63, 3.8) is 0 Å². The van der Waals surface area contributed by atoms with Crippen LogP contribution in [0.2, 0.25) is 5.02 Å². The second-order valence-corrected chi connectivity index (χ2v) is 7.93. The van der Waals surface area contributed by atoms with E-state index in [1.807, 2.05) is 32.9 Å². The van der Waals surface area contributed by atoms with E-state index in [4.69, 9.17) is 17.4 Å². The van der Waals surface area contributed by atoms with E-state index in [0.29, 0.717) is 16.0 Å². The minimum atomic E-state index is -0.340. The van der Waals surface area contributed by atoms with Crippen LogP contribution < -0.4 is 11.2 Å². The van der Waals surface area contributed by atoms with E-state index in [9.17, 15) is 4.79 Å². The number of nitrogens with zero attached hydrogens (tertiary/aromatic N) is 3. The number of nitrogen functional groups attached to an aromatic ring is 1. The highest BCUT2D eigenvalue weighted by Crippen LogP contribution is 2.26. The molecule has 124 valence electrons. The standard InChI is InChI=1S/C15H20ClN5OS/c1-9(13(22)18-15(2,3)4)23-14-20-19-12(21(14)17)10-6-5-7-11(16)8-10/h5-9H,17H2,1-4H3,(H,18,22). The third-order valence-corrected chi connectivity index (χ3v) is 4.19. The number of aromatic nitrogens is 3. The zero-order valence-corrected chi connectivity index (χ0v) is 15.1. The quantitative estimate of drug-likeness (QED) is 0.652. The van der Waals surface area contributed by atoms with Gasteiger partial charge < -0.3 is 11.2 Å². The fourth-order valence-electron chi connectivity index (χ4n) is 1.86. The van der Waals surface area contributed by atoms with Crippen molar-refractivity contribution in [2.45, 2.75) is 43.6 Å². The smallest absolute Gasteiger partial charge is 0.233 e. The Hall–Kier alpha value is -1.73. The molecule has 2 aromatic rings. The van der Waals surface area contributed by atoms with Crippen LogP contribution in [-0.4, -0.2) is 31.6 Å². The molecule has 0 saturated carbocycles. The molecular weight excluding hydrogens is 334 g/mol. The maximum Gasteiger partial charge on any atom is 0.233 e. The number of benzene rings is 1. The highest BCUT2D eigenvalue weighted by molar-refractivity contribution is 8.00. The topological polar surface area (TPSA) is 85.8 Å². The number of hydrogen-bond acceptors (Lipinski definition) is 5. The summed E-state index contributed by atoms with van der Waals surface area (Å²) in [5.41, 5.74) is 0.486. The number of halogens is 1. The van der Waals surface area contributed by atoms with Crippen LogP contribution in [0.5, 0.6) is 0 Å². The van der Waals surface area contributed by atoms with Gasteiger partial charge in [-0.05, 0) is 39.8 Å². The van der Waals surface area contributed by atoms with Crippen LogP contribution in [0, 0.1) is 0 Å². The summed E-state index contributed by atoms with van der Waals surface area (Å²) in [4.78, 5) is 12.1. The van der Waals surface area contributed by atoms with Crippen LogP contribution in [0.1, 0.15) is 27.7 Å². The predicted molar refractivity (Wildman–Crippen MR) is 93.8 cm³/mol. The SMILES string of the molecule is CC(Sc1nnc(-c2cccc(Cl)c2)n1N)C(=O)NC(C)(C)C. The van der Waals surface area contributed by atoms with E-state index in [2.05, 4.69) is 15.5 Å². The molecule has 0 fully saturated rings. The van der Waals surface area contributed by atoms with Gasteiger partial charge in [0.1, 0.15) is 0 Å². The summed E-state index contributed by atoms with van der Waals surface area (Å²) >= 11 is 7.24. The van der Waals surface area contributed by atoms with Gasteiger partial charge in [0, 0.05) is 16.1 Å². The summed E-state index contributed by atoms with van der Waals surface area (Å²) in [5, 5.41) is 11.8. The molecular formula is C15H20ClN5OS. The number of carbonyl (C=O) groups is 1. The number of nitrogens with two attached hydrogens (primary N) is 1. The number of hydrogen-bond donors (Lipinski definition) is 2. The van der Waals surface area contributed by atoms with Crippen LogP contribution in [0.3, 0.4) is 0 Å². The van der Waals surface area contributed by atoms with Gasteiger partial charge in [-0.3, -0.25) is 4.79 Å². The monoisotopic (exact) mass is 353 g/mol. The van der Waals surface area contributed by atoms with E-state index in [1.165, 1.54) is 16.4 Å². The average Bonchev–Trinajstić information content (AvgIpc) is 2.78. The van der Waals surface area contributed by atoms with Crippen molar-refractivity contribution in [2.75, 3.05) is 5.84 Å². The molecule has 1 aromatic carbocycles. The highest BCUT2D eigenvalue weighted by atomic mass is 35.5. The molecule has 3 N–H and O–H groups in total. The molecule has 6 nitrogen and oxygen atoms in total. The molecule has 0 bridgehead atoms. The molecule has 0 saturated heterocycles. The van der Waals surface area contributed by atoms with Crippen molar-refractivity contribution in [1.29, 1.82) is 0 Å². The van der Waals surface area contributed by atoms with E-state index in [0.717, 1.165) is 5.56 Å². The van der Waals surface area contributed by atoms with Gasteiger partial charge in [0.15, 0.2) is 5.82 Å². The van der Waals surface area contributed by atoms with Crippen molar-refractivity contribution >= 4 is 29.3 Å². The van der Waals surface area contributed by atoms with Gasteiger partial charge in [0.05, 0.1) is 5.25 Å². The maximum atomic E-state index is 12.1. The lowest BCUT2D eigenvalue weighted by Crippen LogP contribution is -2.44. The third kappa shape index (κ3) is 4.62. The Morgan fingerprint density at radius 2 is 2.09 bits per heavy atom. The Morgan fingerprint density at radius 3 is 2.70 bits per heavy atom. The molecule has 0 spiro atoms. The first-order valence-electron chi connectivity index (χ1n) is 7.12. The van der Waals surface area contributed by atoms with Crippen LogP contribution in [-0.2, 0) is 4.79 Å². The lowest BCUT2D eigenvalue weighted by molar-refractivity contribution is -0.121. The zero-order chi connectivity index (χ0) is 17.2. The molecule has 2 rings (SSSR count). The first-order valence-corrected chi connectivity index (χ1v) is 8.38. The Kier molecular flexibility index (Phi) is 5.21. The molecule has 1 atom stereocenters. The van der Waals surface area contributed by atoms with Gasteiger partial charge in [-0.25, -0.2) is 4.68 Å². The van der Waals surface area contributed by atoms with Gasteiger partial charge in [0.25, 0.3) is 0 Å². The summed E-state index contributed by atoms with van der Waals surface area (Å²) in [5.74, 6) is 6.48. The molecule has 1 heterocycles. The molecule has 23 heavy (non-hydrogen) atoms. The molecule has 1 unspecified atom stereocenters. The van der Waals surface area contributed by atoms with Crippen LogP contribution in [0.15, 0.2) is 29.4 Å². The summed E-state index contributed by atoms with van der Waals surface area (Å²) in [6, 6.07) is 7.21. The first-order chi connectivity index (χ1) is 10.7. The number of amides is 1. The van der Waals surface area contributed by atoms with Crippen LogP contribution >= 0.6 is 23.4 Å². The largest absolute Gasteiger partial charge is 0.351 e. The molecule has 0 aliphatic carbocycles. The summed E-state index contributed by atoms with van der Waals surface area (Å²) in [7, 11) is 0.